The Balaban J connectivity index is 1.98. The fourth-order valence-electron chi connectivity index (χ4n) is 4.77. The molecule has 0 aromatic heterocycles. The summed E-state index contributed by atoms with van der Waals surface area (Å²) in [6.45, 7) is 10.4. The van der Waals surface area contributed by atoms with Crippen molar-refractivity contribution in [3.05, 3.63) is 29.8 Å². The van der Waals surface area contributed by atoms with E-state index >= 15 is 0 Å². The molecule has 8 nitrogen and oxygen atoms in total. The standard InChI is InChI=1S/C27H44N4O4/c1-6-7-12-29-26(35)18(2)13-24(33)22(28)15-27(4,5)16-25(34)31-17-21(30-19(3)32)14-20-10-8-9-11-23(20)31/h8-11,18,21-22,24,33H,6-7,12-17,28H2,1-5H3,(H,29,35)(H,30,32)/t18-,21?,22+,24+/m1/s1. The SMILES string of the molecule is CCCCNC(=O)[C@H](C)C[C@H](O)[C@@H](N)CC(C)(C)CC(=O)N1CC(NC(C)=O)Cc2ccccc21. The highest BCUT2D eigenvalue weighted by atomic mass is 16.3. The van der Waals surface area contributed by atoms with Gasteiger partial charge in [-0.15, -0.1) is 0 Å². The second-order valence-electron chi connectivity index (χ2n) is 10.8. The van der Waals surface area contributed by atoms with E-state index in [0.717, 1.165) is 24.1 Å². The van der Waals surface area contributed by atoms with Crippen molar-refractivity contribution in [2.45, 2.75) is 91.3 Å². The molecule has 5 N–H and O–H groups in total. The summed E-state index contributed by atoms with van der Waals surface area (Å²) in [5.74, 6) is -0.567. The first-order chi connectivity index (χ1) is 16.4. The van der Waals surface area contributed by atoms with Gasteiger partial charge in [0, 0.05) is 44.1 Å². The van der Waals surface area contributed by atoms with Gasteiger partial charge in [-0.3, -0.25) is 14.4 Å². The van der Waals surface area contributed by atoms with Crippen LogP contribution in [-0.2, 0) is 20.8 Å². The molecule has 0 fully saturated rings. The summed E-state index contributed by atoms with van der Waals surface area (Å²) in [6, 6.07) is 7.09. The monoisotopic (exact) mass is 488 g/mol. The van der Waals surface area contributed by atoms with Crippen molar-refractivity contribution in [3.8, 4) is 0 Å². The van der Waals surface area contributed by atoms with Crippen molar-refractivity contribution in [1.82, 2.24) is 10.6 Å². The molecule has 196 valence electrons. The Bertz CT molecular complexity index is 872. The molecule has 1 aromatic carbocycles. The minimum absolute atomic E-state index is 0.0390. The van der Waals surface area contributed by atoms with Crippen LogP contribution in [0.4, 0.5) is 5.69 Å². The molecule has 1 unspecified atom stereocenters. The van der Waals surface area contributed by atoms with Crippen molar-refractivity contribution in [2.24, 2.45) is 17.1 Å². The van der Waals surface area contributed by atoms with Gasteiger partial charge in [0.25, 0.3) is 0 Å². The van der Waals surface area contributed by atoms with Gasteiger partial charge < -0.3 is 26.4 Å². The molecular formula is C27H44N4O4. The zero-order valence-corrected chi connectivity index (χ0v) is 22.0. The molecule has 3 amide bonds. The Morgan fingerprint density at radius 3 is 2.60 bits per heavy atom. The van der Waals surface area contributed by atoms with Crippen molar-refractivity contribution in [1.29, 1.82) is 0 Å². The number of nitrogens with zero attached hydrogens (tertiary/aromatic N) is 1. The van der Waals surface area contributed by atoms with E-state index in [2.05, 4.69) is 17.6 Å². The number of para-hydroxylation sites is 1. The summed E-state index contributed by atoms with van der Waals surface area (Å²) >= 11 is 0. The summed E-state index contributed by atoms with van der Waals surface area (Å²) in [4.78, 5) is 39.0. The third-order valence-electron chi connectivity index (χ3n) is 6.64. The Kier molecular flexibility index (Phi) is 10.7. The minimum Gasteiger partial charge on any atom is -0.391 e. The van der Waals surface area contributed by atoms with Crippen molar-refractivity contribution < 1.29 is 19.5 Å². The maximum absolute atomic E-state index is 13.4. The van der Waals surface area contributed by atoms with Crippen LogP contribution in [0.2, 0.25) is 0 Å². The summed E-state index contributed by atoms with van der Waals surface area (Å²) < 4.78 is 0. The number of hydrogen-bond donors (Lipinski definition) is 4. The number of aliphatic hydroxyl groups excluding tert-OH is 1. The lowest BCUT2D eigenvalue weighted by Gasteiger charge is -2.37. The molecule has 1 aliphatic heterocycles. The lowest BCUT2D eigenvalue weighted by atomic mass is 9.79. The van der Waals surface area contributed by atoms with Crippen LogP contribution in [0.5, 0.6) is 0 Å². The van der Waals surface area contributed by atoms with E-state index in [9.17, 15) is 19.5 Å². The number of nitrogens with one attached hydrogen (secondary N) is 2. The molecule has 0 spiro atoms. The quantitative estimate of drug-likeness (QED) is 0.337. The van der Waals surface area contributed by atoms with Crippen LogP contribution in [0.25, 0.3) is 0 Å². The fraction of sp³-hybridized carbons (Fsp3) is 0.667. The van der Waals surface area contributed by atoms with Gasteiger partial charge in [-0.25, -0.2) is 0 Å². The number of unbranched alkanes of at least 4 members (excludes halogenated alkanes) is 1. The van der Waals surface area contributed by atoms with Crippen LogP contribution in [0.1, 0.15) is 72.3 Å². The summed E-state index contributed by atoms with van der Waals surface area (Å²) in [5, 5.41) is 16.5. The molecule has 4 atom stereocenters. The summed E-state index contributed by atoms with van der Waals surface area (Å²) in [7, 11) is 0. The molecule has 0 aliphatic carbocycles. The van der Waals surface area contributed by atoms with Gasteiger partial charge in [-0.2, -0.15) is 0 Å². The smallest absolute Gasteiger partial charge is 0.227 e. The molecule has 2 rings (SSSR count). The summed E-state index contributed by atoms with van der Waals surface area (Å²) in [6.07, 6.45) is 2.75. The van der Waals surface area contributed by atoms with Crippen molar-refractivity contribution >= 4 is 23.4 Å². The molecule has 1 aliphatic rings. The third-order valence-corrected chi connectivity index (χ3v) is 6.64. The van der Waals surface area contributed by atoms with E-state index < -0.39 is 17.6 Å². The minimum atomic E-state index is -0.837. The normalized spacial score (nSPS) is 18.3. The molecule has 8 heteroatoms. The first-order valence-electron chi connectivity index (χ1n) is 12.8. The number of aliphatic hydroxyl groups is 1. The van der Waals surface area contributed by atoms with Gasteiger partial charge in [0.15, 0.2) is 0 Å². The zero-order chi connectivity index (χ0) is 26.2. The van der Waals surface area contributed by atoms with Crippen LogP contribution < -0.4 is 21.3 Å². The van der Waals surface area contributed by atoms with E-state index in [4.69, 9.17) is 5.73 Å². The van der Waals surface area contributed by atoms with Crippen LogP contribution in [-0.4, -0.2) is 54.1 Å². The van der Waals surface area contributed by atoms with E-state index in [0.29, 0.717) is 25.9 Å². The lowest BCUT2D eigenvalue weighted by molar-refractivity contribution is -0.125. The van der Waals surface area contributed by atoms with E-state index in [1.165, 1.54) is 6.92 Å². The van der Waals surface area contributed by atoms with Crippen molar-refractivity contribution in [2.75, 3.05) is 18.0 Å². The second kappa shape index (κ2) is 13.0. The molecule has 1 heterocycles. The number of carbonyl (C=O) groups excluding carboxylic acids is 3. The second-order valence-corrected chi connectivity index (χ2v) is 10.8. The van der Waals surface area contributed by atoms with Gasteiger partial charge in [0.2, 0.25) is 17.7 Å². The van der Waals surface area contributed by atoms with Gasteiger partial charge in [0.1, 0.15) is 0 Å². The predicted octanol–water partition coefficient (Wildman–Crippen LogP) is 2.52. The van der Waals surface area contributed by atoms with E-state index in [1.54, 1.807) is 11.8 Å². The largest absolute Gasteiger partial charge is 0.391 e. The third kappa shape index (κ3) is 8.93. The highest BCUT2D eigenvalue weighted by molar-refractivity contribution is 5.95. The topological polar surface area (TPSA) is 125 Å². The maximum Gasteiger partial charge on any atom is 0.227 e. The average molecular weight is 489 g/mol. The number of nitrogens with two attached hydrogens (primary N) is 1. The first-order valence-corrected chi connectivity index (χ1v) is 12.8. The van der Waals surface area contributed by atoms with Gasteiger partial charge >= 0.3 is 0 Å². The first kappa shape index (κ1) is 28.8. The fourth-order valence-corrected chi connectivity index (χ4v) is 4.77. The Labute approximate surface area is 210 Å². The molecular weight excluding hydrogens is 444 g/mol. The number of benzene rings is 1. The predicted molar refractivity (Wildman–Crippen MR) is 139 cm³/mol. The highest BCUT2D eigenvalue weighted by Gasteiger charge is 2.34. The van der Waals surface area contributed by atoms with Crippen molar-refractivity contribution in [3.63, 3.8) is 0 Å². The molecule has 0 saturated heterocycles. The van der Waals surface area contributed by atoms with Crippen LogP contribution in [0.3, 0.4) is 0 Å². The number of fused-ring (bicyclic) bond motifs is 1. The van der Waals surface area contributed by atoms with Gasteiger partial charge in [0.05, 0.1) is 12.1 Å². The number of hydrogen-bond acceptors (Lipinski definition) is 5. The lowest BCUT2D eigenvalue weighted by Crippen LogP contribution is -2.50. The number of carbonyl (C=O) groups is 3. The van der Waals surface area contributed by atoms with E-state index in [-0.39, 0.29) is 42.5 Å². The van der Waals surface area contributed by atoms with Crippen LogP contribution in [0, 0.1) is 11.3 Å². The molecule has 1 aromatic rings. The zero-order valence-electron chi connectivity index (χ0n) is 22.0. The van der Waals surface area contributed by atoms with Gasteiger partial charge in [-0.1, -0.05) is 52.3 Å². The van der Waals surface area contributed by atoms with Gasteiger partial charge in [-0.05, 0) is 42.7 Å². The van der Waals surface area contributed by atoms with Crippen LogP contribution >= 0.6 is 0 Å². The number of anilines is 1. The van der Waals surface area contributed by atoms with E-state index in [1.807, 2.05) is 38.1 Å². The Morgan fingerprint density at radius 1 is 1.26 bits per heavy atom. The summed E-state index contributed by atoms with van der Waals surface area (Å²) in [5.41, 5.74) is 7.78. The molecule has 0 saturated carbocycles. The number of rotatable bonds is 12. The Morgan fingerprint density at radius 2 is 1.94 bits per heavy atom. The molecule has 35 heavy (non-hydrogen) atoms. The Hall–Kier alpha value is -2.45. The average Bonchev–Trinajstić information content (AvgIpc) is 2.77. The maximum atomic E-state index is 13.4. The molecule has 0 radical (unpaired) electrons. The van der Waals surface area contributed by atoms with Crippen LogP contribution in [0.15, 0.2) is 24.3 Å². The number of amides is 3. The highest BCUT2D eigenvalue weighted by Crippen LogP contribution is 2.33. The molecule has 0 bridgehead atoms.